The summed E-state index contributed by atoms with van der Waals surface area (Å²) in [7, 11) is 3.92. The van der Waals surface area contributed by atoms with Gasteiger partial charge in [-0.05, 0) is 62.5 Å². The van der Waals surface area contributed by atoms with E-state index in [1.165, 1.54) is 0 Å². The number of nitrogens with zero attached hydrogens (tertiary/aromatic N) is 2. The molecule has 7 nitrogen and oxygen atoms in total. The molecule has 0 spiro atoms. The molecule has 0 saturated carbocycles. The maximum absolute atomic E-state index is 13.7. The van der Waals surface area contributed by atoms with E-state index in [1.54, 1.807) is 17.0 Å². The van der Waals surface area contributed by atoms with Crippen LogP contribution in [0.5, 0.6) is 5.75 Å². The average molecular weight is 511 g/mol. The van der Waals surface area contributed by atoms with Crippen LogP contribution in [0.1, 0.15) is 34.1 Å². The first-order chi connectivity index (χ1) is 18.4. The van der Waals surface area contributed by atoms with Gasteiger partial charge in [-0.3, -0.25) is 9.59 Å². The van der Waals surface area contributed by atoms with Crippen LogP contribution in [0.25, 0.3) is 11.0 Å². The smallest absolute Gasteiger partial charge is 0.290 e. The molecule has 1 unspecified atom stereocenters. The maximum atomic E-state index is 13.7. The van der Waals surface area contributed by atoms with E-state index in [4.69, 9.17) is 9.15 Å². The zero-order valence-electron chi connectivity index (χ0n) is 21.5. The van der Waals surface area contributed by atoms with Crippen molar-refractivity contribution < 1.29 is 23.8 Å². The van der Waals surface area contributed by atoms with Gasteiger partial charge in [0.15, 0.2) is 11.5 Å². The summed E-state index contributed by atoms with van der Waals surface area (Å²) in [4.78, 5) is 30.5. The Morgan fingerprint density at radius 2 is 1.71 bits per heavy atom. The number of amides is 1. The van der Waals surface area contributed by atoms with Crippen LogP contribution < -0.4 is 4.74 Å². The molecular weight excluding hydrogens is 480 g/mol. The van der Waals surface area contributed by atoms with Crippen LogP contribution in [0, 0.1) is 0 Å². The molecule has 0 radical (unpaired) electrons. The molecule has 1 atom stereocenters. The fourth-order valence-corrected chi connectivity index (χ4v) is 4.73. The van der Waals surface area contributed by atoms with Crippen molar-refractivity contribution in [2.75, 3.05) is 27.2 Å². The highest BCUT2D eigenvalue weighted by molar-refractivity contribution is 6.16. The van der Waals surface area contributed by atoms with E-state index in [1.807, 2.05) is 91.8 Å². The minimum absolute atomic E-state index is 0.0249. The zero-order chi connectivity index (χ0) is 26.6. The lowest BCUT2D eigenvalue weighted by atomic mass is 9.95. The van der Waals surface area contributed by atoms with Crippen molar-refractivity contribution in [1.29, 1.82) is 0 Å². The predicted octanol–water partition coefficient (Wildman–Crippen LogP) is 5.54. The molecule has 1 aliphatic rings. The molecule has 3 aromatic carbocycles. The highest BCUT2D eigenvalue weighted by atomic mass is 16.5. The van der Waals surface area contributed by atoms with Gasteiger partial charge in [-0.1, -0.05) is 60.7 Å². The van der Waals surface area contributed by atoms with E-state index in [0.29, 0.717) is 36.5 Å². The number of furan rings is 1. The van der Waals surface area contributed by atoms with Crippen LogP contribution in [0.4, 0.5) is 0 Å². The van der Waals surface area contributed by atoms with Gasteiger partial charge in [-0.2, -0.15) is 0 Å². The normalized spacial score (nSPS) is 15.6. The number of ketones is 1. The first-order valence-corrected chi connectivity index (χ1v) is 12.6. The molecule has 1 amide bonds. The van der Waals surface area contributed by atoms with Gasteiger partial charge in [0.1, 0.15) is 17.9 Å². The lowest BCUT2D eigenvalue weighted by Crippen LogP contribution is -2.33. The Morgan fingerprint density at radius 3 is 2.42 bits per heavy atom. The largest absolute Gasteiger partial charge is 0.503 e. The van der Waals surface area contributed by atoms with E-state index >= 15 is 0 Å². The standard InChI is InChI=1S/C31H30N2O5/c1-32(2)17-8-18-33-28(22-13-15-24(16-14-22)37-20-21-9-4-3-5-10-21)27(30(35)31(33)36)29(34)26-19-23-11-6-7-12-25(23)38-26/h3-7,9-16,19,28,35H,8,17-18,20H2,1-2H3. The number of hydrogen-bond donors (Lipinski definition) is 1. The number of aliphatic hydroxyl groups excluding tert-OH is 1. The fraction of sp³-hybridized carbons (Fsp3) is 0.226. The molecule has 194 valence electrons. The molecule has 1 N–H and O–H groups in total. The summed E-state index contributed by atoms with van der Waals surface area (Å²) in [5.74, 6) is -0.841. The molecule has 0 fully saturated rings. The molecule has 1 aliphatic heterocycles. The molecule has 1 aromatic heterocycles. The Labute approximate surface area is 221 Å². The van der Waals surface area contributed by atoms with Crippen molar-refractivity contribution >= 4 is 22.7 Å². The lowest BCUT2D eigenvalue weighted by molar-refractivity contribution is -0.129. The lowest BCUT2D eigenvalue weighted by Gasteiger charge is -2.27. The number of benzene rings is 3. The van der Waals surface area contributed by atoms with E-state index in [9.17, 15) is 14.7 Å². The molecule has 4 aromatic rings. The van der Waals surface area contributed by atoms with Crippen molar-refractivity contribution in [2.45, 2.75) is 19.1 Å². The SMILES string of the molecule is CN(C)CCCN1C(=O)C(O)=C(C(=O)c2cc3ccccc3o2)C1c1ccc(OCc2ccccc2)cc1. The van der Waals surface area contributed by atoms with E-state index in [2.05, 4.69) is 0 Å². The number of carbonyl (C=O) groups is 2. The van der Waals surface area contributed by atoms with Crippen molar-refractivity contribution in [3.05, 3.63) is 113 Å². The van der Waals surface area contributed by atoms with Crippen molar-refractivity contribution in [1.82, 2.24) is 9.80 Å². The number of Topliss-reactive ketones (excluding diaryl/α,β-unsaturated/α-hetero) is 1. The van der Waals surface area contributed by atoms with Crippen molar-refractivity contribution in [3.63, 3.8) is 0 Å². The maximum Gasteiger partial charge on any atom is 0.290 e. The second-order valence-electron chi connectivity index (χ2n) is 9.64. The number of para-hydroxylation sites is 1. The van der Waals surface area contributed by atoms with Gasteiger partial charge in [-0.15, -0.1) is 0 Å². The Balaban J connectivity index is 1.44. The van der Waals surface area contributed by atoms with Gasteiger partial charge in [0.2, 0.25) is 5.78 Å². The summed E-state index contributed by atoms with van der Waals surface area (Å²) < 4.78 is 11.7. The Kier molecular flexibility index (Phi) is 7.29. The van der Waals surface area contributed by atoms with Gasteiger partial charge in [0, 0.05) is 11.9 Å². The first kappa shape index (κ1) is 25.3. The van der Waals surface area contributed by atoms with E-state index in [0.717, 1.165) is 17.5 Å². The van der Waals surface area contributed by atoms with Crippen LogP contribution in [0.15, 0.2) is 101 Å². The minimum atomic E-state index is -0.742. The first-order valence-electron chi connectivity index (χ1n) is 12.6. The highest BCUT2D eigenvalue weighted by Gasteiger charge is 2.44. The van der Waals surface area contributed by atoms with Crippen LogP contribution >= 0.6 is 0 Å². The Bertz CT molecular complexity index is 1440. The monoisotopic (exact) mass is 510 g/mol. The summed E-state index contributed by atoms with van der Waals surface area (Å²) >= 11 is 0. The third kappa shape index (κ3) is 5.19. The average Bonchev–Trinajstić information content (AvgIpc) is 3.47. The van der Waals surface area contributed by atoms with Crippen LogP contribution in [0.3, 0.4) is 0 Å². The summed E-state index contributed by atoms with van der Waals surface area (Å²) in [6.45, 7) is 1.57. The summed E-state index contributed by atoms with van der Waals surface area (Å²) in [6, 6.07) is 25.4. The summed E-state index contributed by atoms with van der Waals surface area (Å²) in [6.07, 6.45) is 0.687. The van der Waals surface area contributed by atoms with Gasteiger partial charge in [-0.25, -0.2) is 0 Å². The Morgan fingerprint density at radius 1 is 1.00 bits per heavy atom. The topological polar surface area (TPSA) is 83.2 Å². The van der Waals surface area contributed by atoms with E-state index in [-0.39, 0.29) is 11.3 Å². The van der Waals surface area contributed by atoms with Crippen LogP contribution in [-0.2, 0) is 11.4 Å². The summed E-state index contributed by atoms with van der Waals surface area (Å²) in [5.41, 5.74) is 2.35. The van der Waals surface area contributed by atoms with Crippen LogP contribution in [0.2, 0.25) is 0 Å². The van der Waals surface area contributed by atoms with Crippen LogP contribution in [-0.4, -0.2) is 53.8 Å². The number of hydrogen-bond acceptors (Lipinski definition) is 6. The quantitative estimate of drug-likeness (QED) is 0.282. The second kappa shape index (κ2) is 10.9. The minimum Gasteiger partial charge on any atom is -0.503 e. The number of carbonyl (C=O) groups excluding carboxylic acids is 2. The molecule has 7 heteroatoms. The Hall–Kier alpha value is -4.36. The number of rotatable bonds is 10. The molecule has 0 bridgehead atoms. The number of ether oxygens (including phenoxy) is 1. The van der Waals surface area contributed by atoms with E-state index < -0.39 is 23.5 Å². The predicted molar refractivity (Wildman–Crippen MR) is 145 cm³/mol. The second-order valence-corrected chi connectivity index (χ2v) is 9.64. The molecule has 38 heavy (non-hydrogen) atoms. The van der Waals surface area contributed by atoms with Crippen molar-refractivity contribution in [3.8, 4) is 5.75 Å². The molecule has 0 saturated heterocycles. The molecule has 2 heterocycles. The number of fused-ring (bicyclic) bond motifs is 1. The van der Waals surface area contributed by atoms with Crippen molar-refractivity contribution in [2.24, 2.45) is 0 Å². The number of aliphatic hydroxyl groups is 1. The third-order valence-corrected chi connectivity index (χ3v) is 6.65. The third-order valence-electron chi connectivity index (χ3n) is 6.65. The van der Waals surface area contributed by atoms with Gasteiger partial charge < -0.3 is 24.1 Å². The van der Waals surface area contributed by atoms with Gasteiger partial charge in [0.05, 0.1) is 11.6 Å². The highest BCUT2D eigenvalue weighted by Crippen LogP contribution is 2.40. The van der Waals surface area contributed by atoms with Gasteiger partial charge in [0.25, 0.3) is 5.91 Å². The molecular formula is C31H30N2O5. The fourth-order valence-electron chi connectivity index (χ4n) is 4.73. The zero-order valence-corrected chi connectivity index (χ0v) is 21.5. The van der Waals surface area contributed by atoms with Gasteiger partial charge >= 0.3 is 0 Å². The molecule has 5 rings (SSSR count). The molecule has 0 aliphatic carbocycles. The summed E-state index contributed by atoms with van der Waals surface area (Å²) in [5, 5.41) is 11.7.